The number of nitrogens with zero attached hydrogens (tertiary/aromatic N) is 1. The molecule has 1 aliphatic heterocycles. The fourth-order valence-corrected chi connectivity index (χ4v) is 3.83. The molecule has 0 aromatic heterocycles. The third-order valence-corrected chi connectivity index (χ3v) is 4.99. The summed E-state index contributed by atoms with van der Waals surface area (Å²) in [6, 6.07) is 8.42. The number of aliphatic hydroxyl groups is 1. The van der Waals surface area contributed by atoms with E-state index in [0.717, 1.165) is 23.9 Å². The van der Waals surface area contributed by atoms with Crippen molar-refractivity contribution in [2.75, 3.05) is 13.1 Å². The summed E-state index contributed by atoms with van der Waals surface area (Å²) in [7, 11) is 0. The van der Waals surface area contributed by atoms with E-state index in [-0.39, 0.29) is 6.61 Å². The van der Waals surface area contributed by atoms with Gasteiger partial charge in [0.05, 0.1) is 6.61 Å². The molecule has 104 valence electrons. The van der Waals surface area contributed by atoms with E-state index in [1.54, 1.807) is 0 Å². The van der Waals surface area contributed by atoms with Gasteiger partial charge in [-0.15, -0.1) is 0 Å². The van der Waals surface area contributed by atoms with E-state index >= 15 is 0 Å². The second-order valence-corrected chi connectivity index (χ2v) is 6.30. The van der Waals surface area contributed by atoms with Gasteiger partial charge in [0.15, 0.2) is 0 Å². The van der Waals surface area contributed by atoms with Gasteiger partial charge in [-0.1, -0.05) is 43.5 Å². The van der Waals surface area contributed by atoms with E-state index in [1.807, 2.05) is 12.1 Å². The minimum absolute atomic E-state index is 0.147. The quantitative estimate of drug-likeness (QED) is 0.901. The zero-order valence-corrected chi connectivity index (χ0v) is 11.7. The Morgan fingerprint density at radius 3 is 2.37 bits per heavy atom. The number of fused-ring (bicyclic) bond motifs is 1. The molecule has 2 fully saturated rings. The average molecular weight is 259 g/mol. The summed E-state index contributed by atoms with van der Waals surface area (Å²) in [5, 5.41) is 9.07. The molecule has 1 heterocycles. The lowest BCUT2D eigenvalue weighted by Crippen LogP contribution is -2.41. The van der Waals surface area contributed by atoms with Crippen LogP contribution in [0.25, 0.3) is 0 Å². The fourth-order valence-electron chi connectivity index (χ4n) is 3.83. The molecule has 1 aromatic rings. The molecule has 0 amide bonds. The predicted octanol–water partition coefficient (Wildman–Crippen LogP) is 3.19. The van der Waals surface area contributed by atoms with Crippen LogP contribution in [0, 0.1) is 11.8 Å². The first kappa shape index (κ1) is 13.1. The maximum Gasteiger partial charge on any atom is 0.0681 e. The first-order valence-corrected chi connectivity index (χ1v) is 7.76. The van der Waals surface area contributed by atoms with E-state index in [1.165, 1.54) is 50.8 Å². The maximum atomic E-state index is 9.07. The molecule has 3 rings (SSSR count). The maximum absolute atomic E-state index is 9.07. The lowest BCUT2D eigenvalue weighted by Gasteiger charge is -2.41. The SMILES string of the molecule is OCc1ccc(CN2CCC3CCCCC3C2)cc1. The zero-order valence-electron chi connectivity index (χ0n) is 11.7. The molecule has 2 atom stereocenters. The summed E-state index contributed by atoms with van der Waals surface area (Å²) < 4.78 is 0. The summed E-state index contributed by atoms with van der Waals surface area (Å²) in [6.07, 6.45) is 7.23. The van der Waals surface area contributed by atoms with Gasteiger partial charge < -0.3 is 5.11 Å². The Labute approximate surface area is 116 Å². The second kappa shape index (κ2) is 6.06. The van der Waals surface area contributed by atoms with Crippen LogP contribution >= 0.6 is 0 Å². The van der Waals surface area contributed by atoms with Crippen molar-refractivity contribution in [2.45, 2.75) is 45.3 Å². The van der Waals surface area contributed by atoms with Crippen LogP contribution in [0.1, 0.15) is 43.2 Å². The van der Waals surface area contributed by atoms with Crippen molar-refractivity contribution < 1.29 is 5.11 Å². The summed E-state index contributed by atoms with van der Waals surface area (Å²) in [5.41, 5.74) is 2.39. The van der Waals surface area contributed by atoms with Gasteiger partial charge in [-0.3, -0.25) is 4.90 Å². The normalized spacial score (nSPS) is 28.1. The first-order chi connectivity index (χ1) is 9.35. The predicted molar refractivity (Wildman–Crippen MR) is 77.7 cm³/mol. The second-order valence-electron chi connectivity index (χ2n) is 6.30. The molecule has 2 heteroatoms. The van der Waals surface area contributed by atoms with Crippen molar-refractivity contribution in [2.24, 2.45) is 11.8 Å². The fraction of sp³-hybridized carbons (Fsp3) is 0.647. The van der Waals surface area contributed by atoms with E-state index in [0.29, 0.717) is 0 Å². The van der Waals surface area contributed by atoms with Crippen LogP contribution in [0.5, 0.6) is 0 Å². The Kier molecular flexibility index (Phi) is 4.19. The molecule has 1 saturated heterocycles. The molecule has 1 N–H and O–H groups in total. The van der Waals surface area contributed by atoms with Crippen molar-refractivity contribution in [3.8, 4) is 0 Å². The number of piperidine rings is 1. The molecule has 0 bridgehead atoms. The minimum Gasteiger partial charge on any atom is -0.392 e. The van der Waals surface area contributed by atoms with E-state index in [9.17, 15) is 0 Å². The summed E-state index contributed by atoms with van der Waals surface area (Å²) in [6.45, 7) is 3.79. The molecular formula is C17H25NO. The Bertz CT molecular complexity index is 400. The molecule has 1 aliphatic carbocycles. The smallest absolute Gasteiger partial charge is 0.0681 e. The summed E-state index contributed by atoms with van der Waals surface area (Å²) in [5.74, 6) is 1.97. The van der Waals surface area contributed by atoms with Crippen molar-refractivity contribution in [1.29, 1.82) is 0 Å². The Morgan fingerprint density at radius 1 is 0.947 bits per heavy atom. The topological polar surface area (TPSA) is 23.5 Å². The molecule has 2 aliphatic rings. The number of hydrogen-bond donors (Lipinski definition) is 1. The summed E-state index contributed by atoms with van der Waals surface area (Å²) in [4.78, 5) is 2.63. The Hall–Kier alpha value is -0.860. The molecule has 2 nitrogen and oxygen atoms in total. The van der Waals surface area contributed by atoms with Crippen molar-refractivity contribution >= 4 is 0 Å². The highest BCUT2D eigenvalue weighted by Crippen LogP contribution is 2.36. The lowest BCUT2D eigenvalue weighted by atomic mass is 9.75. The van der Waals surface area contributed by atoms with Gasteiger partial charge >= 0.3 is 0 Å². The van der Waals surface area contributed by atoms with Gasteiger partial charge in [-0.25, -0.2) is 0 Å². The zero-order chi connectivity index (χ0) is 13.1. The highest BCUT2D eigenvalue weighted by molar-refractivity contribution is 5.21. The van der Waals surface area contributed by atoms with Crippen molar-refractivity contribution in [3.05, 3.63) is 35.4 Å². The van der Waals surface area contributed by atoms with Crippen LogP contribution in [-0.4, -0.2) is 23.1 Å². The van der Waals surface area contributed by atoms with E-state index in [2.05, 4.69) is 17.0 Å². The van der Waals surface area contributed by atoms with Crippen LogP contribution in [0.15, 0.2) is 24.3 Å². The largest absolute Gasteiger partial charge is 0.392 e. The average Bonchev–Trinajstić information content (AvgIpc) is 2.48. The first-order valence-electron chi connectivity index (χ1n) is 7.76. The van der Waals surface area contributed by atoms with E-state index in [4.69, 9.17) is 5.11 Å². The third-order valence-electron chi connectivity index (χ3n) is 4.99. The van der Waals surface area contributed by atoms with Crippen molar-refractivity contribution in [3.63, 3.8) is 0 Å². The van der Waals surface area contributed by atoms with Crippen LogP contribution in [-0.2, 0) is 13.2 Å². The molecular weight excluding hydrogens is 234 g/mol. The number of hydrogen-bond acceptors (Lipinski definition) is 2. The Balaban J connectivity index is 1.57. The van der Waals surface area contributed by atoms with Gasteiger partial charge in [0.2, 0.25) is 0 Å². The highest BCUT2D eigenvalue weighted by Gasteiger charge is 2.30. The molecule has 19 heavy (non-hydrogen) atoms. The van der Waals surface area contributed by atoms with Crippen LogP contribution in [0.4, 0.5) is 0 Å². The van der Waals surface area contributed by atoms with Gasteiger partial charge in [0.1, 0.15) is 0 Å². The minimum atomic E-state index is 0.147. The number of likely N-dealkylation sites (tertiary alicyclic amines) is 1. The van der Waals surface area contributed by atoms with Crippen LogP contribution in [0.3, 0.4) is 0 Å². The molecule has 0 spiro atoms. The molecule has 1 saturated carbocycles. The third kappa shape index (κ3) is 3.18. The van der Waals surface area contributed by atoms with Gasteiger partial charge in [-0.05, 0) is 42.3 Å². The molecule has 2 unspecified atom stereocenters. The lowest BCUT2D eigenvalue weighted by molar-refractivity contribution is 0.0820. The van der Waals surface area contributed by atoms with Crippen LogP contribution in [0.2, 0.25) is 0 Å². The highest BCUT2D eigenvalue weighted by atomic mass is 16.3. The number of aliphatic hydroxyl groups excluding tert-OH is 1. The van der Waals surface area contributed by atoms with Gasteiger partial charge in [0.25, 0.3) is 0 Å². The number of benzene rings is 1. The molecule has 0 radical (unpaired) electrons. The summed E-state index contributed by atoms with van der Waals surface area (Å²) >= 11 is 0. The van der Waals surface area contributed by atoms with Gasteiger partial charge in [-0.2, -0.15) is 0 Å². The molecule has 1 aromatic carbocycles. The van der Waals surface area contributed by atoms with E-state index < -0.39 is 0 Å². The monoisotopic (exact) mass is 259 g/mol. The van der Waals surface area contributed by atoms with Crippen molar-refractivity contribution in [1.82, 2.24) is 4.90 Å². The number of rotatable bonds is 3. The van der Waals surface area contributed by atoms with Crippen LogP contribution < -0.4 is 0 Å². The van der Waals surface area contributed by atoms with Gasteiger partial charge in [0, 0.05) is 13.1 Å². The Morgan fingerprint density at radius 2 is 1.63 bits per heavy atom. The standard InChI is InChI=1S/C17H25NO/c19-13-15-7-5-14(6-8-15)11-18-10-9-16-3-1-2-4-17(16)12-18/h5-8,16-17,19H,1-4,9-13H2.